The van der Waals surface area contributed by atoms with Crippen molar-refractivity contribution in [3.63, 3.8) is 0 Å². The highest BCUT2D eigenvalue weighted by Crippen LogP contribution is 2.35. The molecule has 1 amide bonds. The van der Waals surface area contributed by atoms with Crippen LogP contribution >= 0.6 is 0 Å². The van der Waals surface area contributed by atoms with Gasteiger partial charge in [-0.3, -0.25) is 14.5 Å². The van der Waals surface area contributed by atoms with E-state index >= 15 is 4.39 Å². The lowest BCUT2D eigenvalue weighted by Crippen LogP contribution is -2.58. The fraction of sp³-hybridized carbons (Fsp3) is 0.414. The minimum Gasteiger partial charge on any atom is -0.491 e. The molecule has 6 heterocycles. The molecule has 2 aliphatic heterocycles. The summed E-state index contributed by atoms with van der Waals surface area (Å²) in [5.74, 6) is -0.119. The highest BCUT2D eigenvalue weighted by Gasteiger charge is 2.34. The Hall–Kier alpha value is -4.68. The van der Waals surface area contributed by atoms with Crippen LogP contribution in [0, 0.1) is 5.82 Å². The van der Waals surface area contributed by atoms with Gasteiger partial charge in [0.05, 0.1) is 23.9 Å². The monoisotopic (exact) mass is 573 g/mol. The van der Waals surface area contributed by atoms with E-state index in [0.29, 0.717) is 61.0 Å². The predicted octanol–water partition coefficient (Wildman–Crippen LogP) is 3.09. The zero-order valence-electron chi connectivity index (χ0n) is 24.0. The summed E-state index contributed by atoms with van der Waals surface area (Å²) < 4.78 is 25.1. The third-order valence-electron chi connectivity index (χ3n) is 7.77. The number of amides is 1. The number of piperazine rings is 1. The van der Waals surface area contributed by atoms with Gasteiger partial charge < -0.3 is 14.5 Å². The van der Waals surface area contributed by atoms with E-state index in [1.54, 1.807) is 28.0 Å². The number of aryl methyl sites for hydroxylation is 1. The molecule has 1 saturated heterocycles. The summed E-state index contributed by atoms with van der Waals surface area (Å²) >= 11 is 0. The van der Waals surface area contributed by atoms with E-state index < -0.39 is 11.5 Å². The molecular weight excluding hydrogens is 541 g/mol. The predicted molar refractivity (Wildman–Crippen MR) is 154 cm³/mol. The zero-order chi connectivity index (χ0) is 29.7. The fourth-order valence-corrected chi connectivity index (χ4v) is 5.69. The second-order valence-electron chi connectivity index (χ2n) is 11.1. The van der Waals surface area contributed by atoms with E-state index in [9.17, 15) is 9.59 Å². The Kier molecular flexibility index (Phi) is 6.95. The third kappa shape index (κ3) is 4.58. The standard InChI is InChI=1S/C29H32FN9O3/c1-6-23(40)37-13-18(5)38(14-17(37)4)27-19-12-20(30)25-21-15-36(35-34-21)10-7-11-42-22-8-9-31-24(16(2)3)26(22)39(28(19)32-25)29(41)33-27/h6,8-9,12,15-18H,1,7,10-11,13-14H2,2-5H3/t17-,18+/m1/s1. The maximum absolute atomic E-state index is 15.9. The molecule has 4 aromatic rings. The van der Waals surface area contributed by atoms with Crippen LogP contribution in [-0.4, -0.2) is 77.1 Å². The number of halogens is 1. The number of carbonyl (C=O) groups excluding carboxylic acids is 1. The second kappa shape index (κ2) is 10.6. The van der Waals surface area contributed by atoms with Crippen LogP contribution in [0.2, 0.25) is 0 Å². The number of hydrogen-bond donors (Lipinski definition) is 0. The highest BCUT2D eigenvalue weighted by atomic mass is 19.1. The Morgan fingerprint density at radius 1 is 1.21 bits per heavy atom. The van der Waals surface area contributed by atoms with Crippen LogP contribution in [0.1, 0.15) is 45.7 Å². The van der Waals surface area contributed by atoms with Crippen LogP contribution in [0.4, 0.5) is 10.2 Å². The lowest BCUT2D eigenvalue weighted by Gasteiger charge is -2.44. The van der Waals surface area contributed by atoms with Gasteiger partial charge in [0.25, 0.3) is 0 Å². The van der Waals surface area contributed by atoms with Gasteiger partial charge in [0.15, 0.2) is 11.5 Å². The van der Waals surface area contributed by atoms with Gasteiger partial charge >= 0.3 is 5.69 Å². The molecule has 6 rings (SSSR count). The van der Waals surface area contributed by atoms with Gasteiger partial charge in [-0.25, -0.2) is 18.7 Å². The molecule has 2 atom stereocenters. The van der Waals surface area contributed by atoms with Crippen molar-refractivity contribution in [2.75, 3.05) is 24.6 Å². The number of ether oxygens (including phenoxy) is 1. The minimum absolute atomic E-state index is 0.0291. The van der Waals surface area contributed by atoms with E-state index in [2.05, 4.69) is 26.9 Å². The Bertz CT molecular complexity index is 1770. The lowest BCUT2D eigenvalue weighted by molar-refractivity contribution is -0.128. The van der Waals surface area contributed by atoms with Crippen molar-refractivity contribution >= 4 is 22.8 Å². The second-order valence-corrected chi connectivity index (χ2v) is 11.1. The van der Waals surface area contributed by atoms with Gasteiger partial charge in [-0.2, -0.15) is 4.98 Å². The molecule has 1 fully saturated rings. The molecule has 2 aliphatic rings. The molecule has 12 nitrogen and oxygen atoms in total. The molecule has 4 aromatic heterocycles. The average Bonchev–Trinajstić information content (AvgIpc) is 3.44. The van der Waals surface area contributed by atoms with Crippen molar-refractivity contribution in [1.29, 1.82) is 0 Å². The van der Waals surface area contributed by atoms with Gasteiger partial charge in [-0.15, -0.1) is 5.10 Å². The molecule has 4 bridgehead atoms. The van der Waals surface area contributed by atoms with E-state index in [1.165, 1.54) is 16.7 Å². The zero-order valence-corrected chi connectivity index (χ0v) is 24.0. The third-order valence-corrected chi connectivity index (χ3v) is 7.77. The molecular formula is C29H32FN9O3. The van der Waals surface area contributed by atoms with Gasteiger partial charge in [-0.1, -0.05) is 25.6 Å². The van der Waals surface area contributed by atoms with Gasteiger partial charge in [0.1, 0.15) is 28.6 Å². The van der Waals surface area contributed by atoms with E-state index in [0.717, 1.165) is 0 Å². The molecule has 0 aliphatic carbocycles. The molecule has 0 unspecified atom stereocenters. The number of carbonyl (C=O) groups is 1. The number of aromatic nitrogens is 7. The number of anilines is 1. The van der Waals surface area contributed by atoms with E-state index in [4.69, 9.17) is 9.72 Å². The van der Waals surface area contributed by atoms with E-state index in [1.807, 2.05) is 32.6 Å². The first-order chi connectivity index (χ1) is 20.2. The molecule has 42 heavy (non-hydrogen) atoms. The molecule has 0 spiro atoms. The van der Waals surface area contributed by atoms with Crippen LogP contribution in [0.5, 0.6) is 5.75 Å². The lowest BCUT2D eigenvalue weighted by atomic mass is 10.1. The van der Waals surface area contributed by atoms with Crippen LogP contribution in [-0.2, 0) is 11.3 Å². The minimum atomic E-state index is -0.620. The smallest absolute Gasteiger partial charge is 0.356 e. The molecule has 0 aromatic carbocycles. The summed E-state index contributed by atoms with van der Waals surface area (Å²) in [4.78, 5) is 44.1. The summed E-state index contributed by atoms with van der Waals surface area (Å²) in [7, 11) is 0. The summed E-state index contributed by atoms with van der Waals surface area (Å²) in [6, 6.07) is 2.63. The van der Waals surface area contributed by atoms with Crippen molar-refractivity contribution in [2.24, 2.45) is 0 Å². The maximum atomic E-state index is 15.9. The molecule has 13 heteroatoms. The van der Waals surface area contributed by atoms with Crippen LogP contribution < -0.4 is 15.3 Å². The number of hydrogen-bond acceptors (Lipinski definition) is 9. The van der Waals surface area contributed by atoms with Crippen LogP contribution in [0.25, 0.3) is 28.1 Å². The molecule has 218 valence electrons. The SMILES string of the molecule is C=CC(=O)N1C[C@H](C)N(c2nc(=O)n3c4nc(c(F)cc24)-c2cn(nn2)CCCOc2ccnc(C(C)C)c2-3)C[C@H]1C. The van der Waals surface area contributed by atoms with Gasteiger partial charge in [0.2, 0.25) is 5.91 Å². The van der Waals surface area contributed by atoms with Gasteiger partial charge in [-0.05, 0) is 31.9 Å². The van der Waals surface area contributed by atoms with E-state index in [-0.39, 0.29) is 40.9 Å². The first kappa shape index (κ1) is 27.5. The Balaban J connectivity index is 1.65. The van der Waals surface area contributed by atoms with Crippen molar-refractivity contribution in [2.45, 2.75) is 58.7 Å². The van der Waals surface area contributed by atoms with Gasteiger partial charge in [0, 0.05) is 50.4 Å². The molecule has 0 N–H and O–H groups in total. The van der Waals surface area contributed by atoms with Crippen molar-refractivity contribution in [3.05, 3.63) is 59.2 Å². The van der Waals surface area contributed by atoms with Crippen molar-refractivity contribution < 1.29 is 13.9 Å². The first-order valence-corrected chi connectivity index (χ1v) is 14.0. The summed E-state index contributed by atoms with van der Waals surface area (Å²) in [5.41, 5.74) is 0.856. The van der Waals surface area contributed by atoms with Crippen LogP contribution in [0.15, 0.2) is 42.0 Å². The summed E-state index contributed by atoms with van der Waals surface area (Å²) in [5, 5.41) is 8.63. The first-order valence-electron chi connectivity index (χ1n) is 14.0. The fourth-order valence-electron chi connectivity index (χ4n) is 5.69. The van der Waals surface area contributed by atoms with Crippen molar-refractivity contribution in [1.82, 2.24) is 39.4 Å². The Morgan fingerprint density at radius 2 is 2.02 bits per heavy atom. The maximum Gasteiger partial charge on any atom is 0.356 e. The van der Waals surface area contributed by atoms with Crippen LogP contribution in [0.3, 0.4) is 0 Å². The quantitative estimate of drug-likeness (QED) is 0.340. The summed E-state index contributed by atoms with van der Waals surface area (Å²) in [6.45, 7) is 13.0. The number of rotatable bonds is 3. The Morgan fingerprint density at radius 3 is 2.79 bits per heavy atom. The molecule has 0 saturated carbocycles. The highest BCUT2D eigenvalue weighted by molar-refractivity contribution is 5.91. The Labute approximate surface area is 241 Å². The number of pyridine rings is 2. The topological polar surface area (TPSA) is 124 Å². The molecule has 0 radical (unpaired) electrons. The number of nitrogens with zero attached hydrogens (tertiary/aromatic N) is 9. The normalized spacial score (nSPS) is 18.7. The average molecular weight is 574 g/mol. The number of fused-ring (bicyclic) bond motifs is 6. The summed E-state index contributed by atoms with van der Waals surface area (Å²) in [6.07, 6.45) is 5.18. The largest absolute Gasteiger partial charge is 0.491 e. The van der Waals surface area contributed by atoms with Crippen molar-refractivity contribution in [3.8, 4) is 22.8 Å².